The number of carboxylic acids is 1. The highest BCUT2D eigenvalue weighted by molar-refractivity contribution is 6.10. The van der Waals surface area contributed by atoms with Gasteiger partial charge in [-0.1, -0.05) is 37.3 Å². The first-order valence-electron chi connectivity index (χ1n) is 7.71. The summed E-state index contributed by atoms with van der Waals surface area (Å²) >= 11 is 0. The van der Waals surface area contributed by atoms with Crippen LogP contribution in [0, 0.1) is 0 Å². The number of carbonyl (C=O) groups is 2. The molecule has 4 nitrogen and oxygen atoms in total. The van der Waals surface area contributed by atoms with Gasteiger partial charge in [-0.3, -0.25) is 9.59 Å². The van der Waals surface area contributed by atoms with Gasteiger partial charge in [-0.2, -0.15) is 0 Å². The maximum atomic E-state index is 12.5. The standard InChI is InChI=1S/C19H19NO3/c1-3-19(2,18(22)23)14-8-10-15(11-9-14)20-12-13-6-4-5-7-16(13)17(20)21/h4-11H,3,12H2,1-2H3,(H,22,23). The molecule has 118 valence electrons. The van der Waals surface area contributed by atoms with Crippen molar-refractivity contribution in [2.45, 2.75) is 32.2 Å². The van der Waals surface area contributed by atoms with Crippen LogP contribution in [0.4, 0.5) is 5.69 Å². The Labute approximate surface area is 135 Å². The maximum absolute atomic E-state index is 12.5. The lowest BCUT2D eigenvalue weighted by atomic mass is 9.80. The number of hydrogen-bond donors (Lipinski definition) is 1. The molecule has 0 aliphatic carbocycles. The van der Waals surface area contributed by atoms with Gasteiger partial charge in [0.25, 0.3) is 5.91 Å². The minimum atomic E-state index is -0.906. The monoisotopic (exact) mass is 309 g/mol. The summed E-state index contributed by atoms with van der Waals surface area (Å²) in [6.45, 7) is 4.14. The van der Waals surface area contributed by atoms with E-state index in [4.69, 9.17) is 0 Å². The molecule has 23 heavy (non-hydrogen) atoms. The fourth-order valence-electron chi connectivity index (χ4n) is 2.95. The van der Waals surface area contributed by atoms with Crippen LogP contribution in [0.1, 0.15) is 41.8 Å². The third-order valence-corrected chi connectivity index (χ3v) is 4.82. The summed E-state index contributed by atoms with van der Waals surface area (Å²) in [6, 6.07) is 14.9. The van der Waals surface area contributed by atoms with E-state index in [9.17, 15) is 14.7 Å². The SMILES string of the molecule is CCC(C)(C(=O)O)c1ccc(N2Cc3ccccc3C2=O)cc1. The Morgan fingerprint density at radius 1 is 1.17 bits per heavy atom. The van der Waals surface area contributed by atoms with Gasteiger partial charge in [0, 0.05) is 11.3 Å². The summed E-state index contributed by atoms with van der Waals surface area (Å²) in [5.74, 6) is -0.845. The molecule has 3 rings (SSSR count). The molecule has 1 N–H and O–H groups in total. The molecule has 0 spiro atoms. The van der Waals surface area contributed by atoms with Gasteiger partial charge in [0.05, 0.1) is 12.0 Å². The van der Waals surface area contributed by atoms with Crippen LogP contribution in [0.5, 0.6) is 0 Å². The lowest BCUT2D eigenvalue weighted by molar-refractivity contribution is -0.143. The lowest BCUT2D eigenvalue weighted by Gasteiger charge is -2.24. The fraction of sp³-hybridized carbons (Fsp3) is 0.263. The number of nitrogens with zero attached hydrogens (tertiary/aromatic N) is 1. The van der Waals surface area contributed by atoms with Gasteiger partial charge in [0.2, 0.25) is 0 Å². The van der Waals surface area contributed by atoms with Gasteiger partial charge in [-0.15, -0.1) is 0 Å². The largest absolute Gasteiger partial charge is 0.481 e. The van der Waals surface area contributed by atoms with Crippen molar-refractivity contribution in [3.05, 3.63) is 65.2 Å². The Hall–Kier alpha value is -2.62. The summed E-state index contributed by atoms with van der Waals surface area (Å²) < 4.78 is 0. The van der Waals surface area contributed by atoms with Crippen molar-refractivity contribution in [2.75, 3.05) is 4.90 Å². The number of benzene rings is 2. The molecule has 0 saturated carbocycles. The van der Waals surface area contributed by atoms with Crippen LogP contribution >= 0.6 is 0 Å². The van der Waals surface area contributed by atoms with Gasteiger partial charge in [-0.05, 0) is 42.7 Å². The summed E-state index contributed by atoms with van der Waals surface area (Å²) in [7, 11) is 0. The van der Waals surface area contributed by atoms with E-state index < -0.39 is 11.4 Å². The molecule has 0 bridgehead atoms. The van der Waals surface area contributed by atoms with Crippen LogP contribution in [-0.4, -0.2) is 17.0 Å². The molecule has 2 aromatic carbocycles. The van der Waals surface area contributed by atoms with Crippen molar-refractivity contribution in [3.8, 4) is 0 Å². The van der Waals surface area contributed by atoms with Crippen LogP contribution < -0.4 is 4.90 Å². The zero-order valence-corrected chi connectivity index (χ0v) is 13.2. The molecule has 1 amide bonds. The first-order chi connectivity index (χ1) is 11.0. The predicted molar refractivity (Wildman–Crippen MR) is 88.7 cm³/mol. The second-order valence-electron chi connectivity index (χ2n) is 6.09. The average Bonchev–Trinajstić information content (AvgIpc) is 2.91. The third-order valence-electron chi connectivity index (χ3n) is 4.82. The van der Waals surface area contributed by atoms with E-state index in [-0.39, 0.29) is 5.91 Å². The Kier molecular flexibility index (Phi) is 3.68. The quantitative estimate of drug-likeness (QED) is 0.939. The van der Waals surface area contributed by atoms with Crippen LogP contribution in [0.2, 0.25) is 0 Å². The van der Waals surface area contributed by atoms with Gasteiger partial charge in [0.1, 0.15) is 0 Å². The van der Waals surface area contributed by atoms with Crippen molar-refractivity contribution in [2.24, 2.45) is 0 Å². The number of amides is 1. The van der Waals surface area contributed by atoms with E-state index in [2.05, 4.69) is 0 Å². The molecule has 0 radical (unpaired) electrons. The summed E-state index contributed by atoms with van der Waals surface area (Å²) in [4.78, 5) is 25.7. The molecule has 0 aromatic heterocycles. The Bertz CT molecular complexity index is 766. The van der Waals surface area contributed by atoms with Crippen molar-refractivity contribution in [1.82, 2.24) is 0 Å². The Balaban J connectivity index is 1.90. The first kappa shape index (κ1) is 15.3. The molecule has 1 unspecified atom stereocenters. The highest BCUT2D eigenvalue weighted by atomic mass is 16.4. The van der Waals surface area contributed by atoms with E-state index in [1.807, 2.05) is 55.5 Å². The Morgan fingerprint density at radius 3 is 2.39 bits per heavy atom. The molecule has 1 aliphatic rings. The van der Waals surface area contributed by atoms with Crippen LogP contribution in [0.15, 0.2) is 48.5 Å². The molecule has 1 aliphatic heterocycles. The second kappa shape index (κ2) is 5.54. The van der Waals surface area contributed by atoms with Crippen molar-refractivity contribution < 1.29 is 14.7 Å². The van der Waals surface area contributed by atoms with Crippen molar-refractivity contribution >= 4 is 17.6 Å². The number of fused-ring (bicyclic) bond motifs is 1. The molecular formula is C19H19NO3. The molecule has 1 heterocycles. The minimum absolute atomic E-state index is 0.00941. The number of hydrogen-bond acceptors (Lipinski definition) is 2. The van der Waals surface area contributed by atoms with E-state index in [1.165, 1.54) is 0 Å². The van der Waals surface area contributed by atoms with Gasteiger partial charge >= 0.3 is 5.97 Å². The normalized spacial score (nSPS) is 16.1. The number of rotatable bonds is 4. The van der Waals surface area contributed by atoms with Crippen molar-refractivity contribution in [3.63, 3.8) is 0 Å². The number of carbonyl (C=O) groups excluding carboxylic acids is 1. The van der Waals surface area contributed by atoms with E-state index >= 15 is 0 Å². The highest BCUT2D eigenvalue weighted by Crippen LogP contribution is 2.32. The van der Waals surface area contributed by atoms with E-state index in [0.29, 0.717) is 13.0 Å². The zero-order valence-electron chi connectivity index (χ0n) is 13.2. The summed E-state index contributed by atoms with van der Waals surface area (Å²) in [5, 5.41) is 9.46. The maximum Gasteiger partial charge on any atom is 0.313 e. The minimum Gasteiger partial charge on any atom is -0.481 e. The smallest absolute Gasteiger partial charge is 0.313 e. The van der Waals surface area contributed by atoms with Crippen LogP contribution in [0.3, 0.4) is 0 Å². The lowest BCUT2D eigenvalue weighted by Crippen LogP contribution is -2.31. The summed E-state index contributed by atoms with van der Waals surface area (Å²) in [6.07, 6.45) is 0.510. The van der Waals surface area contributed by atoms with Gasteiger partial charge in [0.15, 0.2) is 0 Å². The Morgan fingerprint density at radius 2 is 1.83 bits per heavy atom. The van der Waals surface area contributed by atoms with Gasteiger partial charge in [-0.25, -0.2) is 0 Å². The molecule has 2 aromatic rings. The van der Waals surface area contributed by atoms with Crippen molar-refractivity contribution in [1.29, 1.82) is 0 Å². The highest BCUT2D eigenvalue weighted by Gasteiger charge is 2.34. The zero-order chi connectivity index (χ0) is 16.6. The molecule has 1 atom stereocenters. The average molecular weight is 309 g/mol. The fourth-order valence-corrected chi connectivity index (χ4v) is 2.95. The number of anilines is 1. The molecular weight excluding hydrogens is 290 g/mol. The number of carboxylic acid groups (broad SMARTS) is 1. The second-order valence-corrected chi connectivity index (χ2v) is 6.09. The first-order valence-corrected chi connectivity index (χ1v) is 7.71. The van der Waals surface area contributed by atoms with Crippen LogP contribution in [-0.2, 0) is 16.8 Å². The molecule has 0 saturated heterocycles. The molecule has 0 fully saturated rings. The molecule has 4 heteroatoms. The van der Waals surface area contributed by atoms with E-state index in [1.54, 1.807) is 11.8 Å². The van der Waals surface area contributed by atoms with Crippen LogP contribution in [0.25, 0.3) is 0 Å². The predicted octanol–water partition coefficient (Wildman–Crippen LogP) is 3.60. The summed E-state index contributed by atoms with van der Waals surface area (Å²) in [5.41, 5.74) is 2.39. The van der Waals surface area contributed by atoms with E-state index in [0.717, 1.165) is 22.4 Å². The topological polar surface area (TPSA) is 57.6 Å². The van der Waals surface area contributed by atoms with Gasteiger partial charge < -0.3 is 10.0 Å². The third kappa shape index (κ3) is 2.40. The number of aliphatic carboxylic acids is 1.